The SMILES string of the molecule is CCOc1ccc(-c2nc(Cn3cnc4ccc([N+](=O)[O-])cc4c3=O)cs2)cc1OC. The van der Waals surface area contributed by atoms with Crippen LogP contribution in [0.1, 0.15) is 12.6 Å². The van der Waals surface area contributed by atoms with Crippen molar-refractivity contribution in [1.29, 1.82) is 0 Å². The summed E-state index contributed by atoms with van der Waals surface area (Å²) >= 11 is 1.44. The van der Waals surface area contributed by atoms with Crippen LogP contribution in [0.25, 0.3) is 21.5 Å². The molecule has 0 bridgehead atoms. The van der Waals surface area contributed by atoms with Gasteiger partial charge < -0.3 is 9.47 Å². The Hall–Kier alpha value is -3.79. The number of nitrogens with zero attached hydrogens (tertiary/aromatic N) is 4. The van der Waals surface area contributed by atoms with Gasteiger partial charge in [-0.15, -0.1) is 11.3 Å². The lowest BCUT2D eigenvalue weighted by molar-refractivity contribution is -0.384. The predicted octanol–water partition coefficient (Wildman–Crippen LogP) is 3.88. The predicted molar refractivity (Wildman–Crippen MR) is 117 cm³/mol. The number of thiazole rings is 1. The topological polar surface area (TPSA) is 109 Å². The van der Waals surface area contributed by atoms with Crippen LogP contribution in [0, 0.1) is 10.1 Å². The van der Waals surface area contributed by atoms with E-state index in [4.69, 9.17) is 9.47 Å². The van der Waals surface area contributed by atoms with Crippen LogP contribution in [-0.4, -0.2) is 33.2 Å². The third-order valence-electron chi connectivity index (χ3n) is 4.61. The van der Waals surface area contributed by atoms with Crippen LogP contribution in [0.5, 0.6) is 11.5 Å². The first-order valence-electron chi connectivity index (χ1n) is 9.39. The summed E-state index contributed by atoms with van der Waals surface area (Å²) in [5, 5.41) is 13.9. The third-order valence-corrected chi connectivity index (χ3v) is 5.55. The summed E-state index contributed by atoms with van der Waals surface area (Å²) in [7, 11) is 1.58. The summed E-state index contributed by atoms with van der Waals surface area (Å²) < 4.78 is 12.3. The smallest absolute Gasteiger partial charge is 0.270 e. The van der Waals surface area contributed by atoms with Crippen LogP contribution in [-0.2, 0) is 6.54 Å². The molecule has 0 aliphatic heterocycles. The second-order valence-electron chi connectivity index (χ2n) is 6.58. The van der Waals surface area contributed by atoms with Crippen molar-refractivity contribution in [3.05, 3.63) is 74.3 Å². The van der Waals surface area contributed by atoms with Gasteiger partial charge in [-0.3, -0.25) is 19.5 Å². The van der Waals surface area contributed by atoms with Crippen molar-refractivity contribution < 1.29 is 14.4 Å². The highest BCUT2D eigenvalue weighted by Gasteiger charge is 2.13. The lowest BCUT2D eigenvalue weighted by atomic mass is 10.2. The van der Waals surface area contributed by atoms with Gasteiger partial charge in [0, 0.05) is 23.1 Å². The Morgan fingerprint density at radius 3 is 2.77 bits per heavy atom. The number of non-ortho nitro benzene ring substituents is 1. The molecule has 0 saturated carbocycles. The maximum absolute atomic E-state index is 12.8. The Balaban J connectivity index is 1.63. The fourth-order valence-electron chi connectivity index (χ4n) is 3.14. The lowest BCUT2D eigenvalue weighted by Crippen LogP contribution is -2.21. The molecule has 0 N–H and O–H groups in total. The Bertz CT molecular complexity index is 1330. The van der Waals surface area contributed by atoms with Gasteiger partial charge >= 0.3 is 0 Å². The summed E-state index contributed by atoms with van der Waals surface area (Å²) in [5.74, 6) is 1.28. The minimum Gasteiger partial charge on any atom is -0.493 e. The third kappa shape index (κ3) is 4.10. The summed E-state index contributed by atoms with van der Waals surface area (Å²) in [6, 6.07) is 9.65. The van der Waals surface area contributed by atoms with Crippen LogP contribution in [0.4, 0.5) is 5.69 Å². The average Bonchev–Trinajstić information content (AvgIpc) is 3.24. The largest absolute Gasteiger partial charge is 0.493 e. The van der Waals surface area contributed by atoms with E-state index in [-0.39, 0.29) is 23.2 Å². The van der Waals surface area contributed by atoms with E-state index in [0.717, 1.165) is 10.6 Å². The van der Waals surface area contributed by atoms with Crippen LogP contribution in [0.2, 0.25) is 0 Å². The molecule has 10 heteroatoms. The highest BCUT2D eigenvalue weighted by atomic mass is 32.1. The zero-order valence-corrected chi connectivity index (χ0v) is 17.6. The molecule has 0 saturated heterocycles. The zero-order valence-electron chi connectivity index (χ0n) is 16.8. The van der Waals surface area contributed by atoms with Gasteiger partial charge in [0.15, 0.2) is 11.5 Å². The zero-order chi connectivity index (χ0) is 22.0. The van der Waals surface area contributed by atoms with Crippen molar-refractivity contribution >= 4 is 27.9 Å². The molecular formula is C21H18N4O5S. The van der Waals surface area contributed by atoms with Crippen molar-refractivity contribution in [1.82, 2.24) is 14.5 Å². The van der Waals surface area contributed by atoms with Gasteiger partial charge in [-0.1, -0.05) is 0 Å². The summed E-state index contributed by atoms with van der Waals surface area (Å²) in [5.41, 5.74) is 1.46. The van der Waals surface area contributed by atoms with Crippen molar-refractivity contribution in [2.24, 2.45) is 0 Å². The van der Waals surface area contributed by atoms with E-state index in [1.165, 1.54) is 40.4 Å². The van der Waals surface area contributed by atoms with Crippen LogP contribution in [0.3, 0.4) is 0 Å². The van der Waals surface area contributed by atoms with E-state index in [9.17, 15) is 14.9 Å². The number of hydrogen-bond donors (Lipinski definition) is 0. The molecule has 2 aromatic heterocycles. The number of aromatic nitrogens is 3. The van der Waals surface area contributed by atoms with Crippen LogP contribution < -0.4 is 15.0 Å². The first-order valence-corrected chi connectivity index (χ1v) is 10.3. The minimum atomic E-state index is -0.534. The van der Waals surface area contributed by atoms with Gasteiger partial charge in [-0.05, 0) is 31.2 Å². The number of methoxy groups -OCH3 is 1. The van der Waals surface area contributed by atoms with E-state index in [1.807, 2.05) is 30.5 Å². The highest BCUT2D eigenvalue weighted by Crippen LogP contribution is 2.33. The molecule has 31 heavy (non-hydrogen) atoms. The van der Waals surface area contributed by atoms with Gasteiger partial charge in [0.25, 0.3) is 11.2 Å². The molecule has 2 heterocycles. The number of nitro benzene ring substituents is 1. The van der Waals surface area contributed by atoms with E-state index in [2.05, 4.69) is 9.97 Å². The molecule has 9 nitrogen and oxygen atoms in total. The quantitative estimate of drug-likeness (QED) is 0.318. The number of ether oxygens (including phenoxy) is 2. The first kappa shape index (κ1) is 20.5. The van der Waals surface area contributed by atoms with Crippen molar-refractivity contribution in [2.75, 3.05) is 13.7 Å². The minimum absolute atomic E-state index is 0.149. The molecule has 0 atom stereocenters. The number of nitro groups is 1. The van der Waals surface area contributed by atoms with E-state index in [0.29, 0.717) is 29.3 Å². The van der Waals surface area contributed by atoms with E-state index >= 15 is 0 Å². The molecule has 0 spiro atoms. The maximum atomic E-state index is 12.8. The molecule has 158 valence electrons. The first-order chi connectivity index (χ1) is 15.0. The summed E-state index contributed by atoms with van der Waals surface area (Å²) in [6.07, 6.45) is 1.43. The molecule has 0 aliphatic carbocycles. The fraction of sp³-hybridized carbons (Fsp3) is 0.190. The normalized spacial score (nSPS) is 10.9. The number of rotatable bonds is 7. The highest BCUT2D eigenvalue weighted by molar-refractivity contribution is 7.13. The molecule has 0 unspecified atom stereocenters. The summed E-state index contributed by atoms with van der Waals surface area (Å²) in [6.45, 7) is 2.65. The Kier molecular flexibility index (Phi) is 5.63. The second-order valence-corrected chi connectivity index (χ2v) is 7.44. The van der Waals surface area contributed by atoms with Gasteiger partial charge in [-0.25, -0.2) is 9.97 Å². The van der Waals surface area contributed by atoms with Gasteiger partial charge in [0.05, 0.1) is 48.1 Å². The van der Waals surface area contributed by atoms with Gasteiger partial charge in [0.2, 0.25) is 0 Å². The van der Waals surface area contributed by atoms with E-state index in [1.54, 1.807) is 7.11 Å². The maximum Gasteiger partial charge on any atom is 0.270 e. The van der Waals surface area contributed by atoms with Crippen molar-refractivity contribution in [3.63, 3.8) is 0 Å². The molecule has 4 rings (SSSR count). The lowest BCUT2D eigenvalue weighted by Gasteiger charge is -2.10. The van der Waals surface area contributed by atoms with Crippen LogP contribution in [0.15, 0.2) is 52.9 Å². The Morgan fingerprint density at radius 1 is 1.19 bits per heavy atom. The van der Waals surface area contributed by atoms with Gasteiger partial charge in [-0.2, -0.15) is 0 Å². The molecule has 0 fully saturated rings. The molecule has 0 amide bonds. The fourth-order valence-corrected chi connectivity index (χ4v) is 3.94. The van der Waals surface area contributed by atoms with Crippen LogP contribution >= 0.6 is 11.3 Å². The standard InChI is InChI=1S/C21H18N4O5S/c1-3-30-18-7-4-13(8-19(18)29-2)20-23-14(11-31-20)10-24-12-22-17-6-5-15(25(27)28)9-16(17)21(24)26/h4-9,11-12H,3,10H2,1-2H3. The number of fused-ring (bicyclic) bond motifs is 1. The molecule has 2 aromatic carbocycles. The Morgan fingerprint density at radius 2 is 2.03 bits per heavy atom. The Labute approximate surface area is 180 Å². The van der Waals surface area contributed by atoms with Crippen molar-refractivity contribution in [2.45, 2.75) is 13.5 Å². The second kappa shape index (κ2) is 8.52. The van der Waals surface area contributed by atoms with E-state index < -0.39 is 4.92 Å². The molecule has 0 aliphatic rings. The summed E-state index contributed by atoms with van der Waals surface area (Å²) in [4.78, 5) is 32.2. The monoisotopic (exact) mass is 438 g/mol. The number of benzene rings is 2. The molecular weight excluding hydrogens is 420 g/mol. The van der Waals surface area contributed by atoms with Crippen molar-refractivity contribution in [3.8, 4) is 22.1 Å². The molecule has 4 aromatic rings. The number of hydrogen-bond acceptors (Lipinski definition) is 8. The molecule has 0 radical (unpaired) electrons. The van der Waals surface area contributed by atoms with Gasteiger partial charge in [0.1, 0.15) is 5.01 Å². The average molecular weight is 438 g/mol.